The van der Waals surface area contributed by atoms with Crippen molar-refractivity contribution >= 4 is 5.69 Å². The average Bonchev–Trinajstić information content (AvgIpc) is 2.03. The Morgan fingerprint density at radius 1 is 1.50 bits per heavy atom. The molecule has 0 saturated heterocycles. The molecule has 0 aliphatic carbocycles. The van der Waals surface area contributed by atoms with Crippen molar-refractivity contribution in [3.63, 3.8) is 0 Å². The number of ether oxygens (including phenoxy) is 1. The summed E-state index contributed by atoms with van der Waals surface area (Å²) in [5, 5.41) is 9.39. The number of rotatable bonds is 2. The minimum Gasteiger partial charge on any atom is -0.398 e. The van der Waals surface area contributed by atoms with Gasteiger partial charge in [0.05, 0.1) is 0 Å². The highest BCUT2D eigenvalue weighted by molar-refractivity contribution is 5.51. The first-order valence-corrected chi connectivity index (χ1v) is 3.72. The van der Waals surface area contributed by atoms with Crippen molar-refractivity contribution in [1.29, 1.82) is 0 Å². The second kappa shape index (κ2) is 3.56. The van der Waals surface area contributed by atoms with E-state index >= 15 is 0 Å². The number of aliphatic hydroxyl groups is 1. The van der Waals surface area contributed by atoms with Gasteiger partial charge in [-0.3, -0.25) is 0 Å². The van der Waals surface area contributed by atoms with E-state index in [2.05, 4.69) is 0 Å². The molecule has 1 rings (SSSR count). The molecule has 0 amide bonds. The molecule has 0 heterocycles. The van der Waals surface area contributed by atoms with Gasteiger partial charge in [0.15, 0.2) is 6.29 Å². The molecular formula is C9H13NO2. The minimum absolute atomic E-state index is 0.560. The number of methoxy groups -OCH3 is 1. The van der Waals surface area contributed by atoms with Crippen LogP contribution in [0.25, 0.3) is 0 Å². The van der Waals surface area contributed by atoms with E-state index < -0.39 is 6.29 Å². The smallest absolute Gasteiger partial charge is 0.183 e. The van der Waals surface area contributed by atoms with E-state index in [1.165, 1.54) is 7.11 Å². The second-order valence-corrected chi connectivity index (χ2v) is 2.67. The molecule has 3 N–H and O–H groups in total. The average molecular weight is 167 g/mol. The van der Waals surface area contributed by atoms with Crippen LogP contribution in [-0.4, -0.2) is 12.2 Å². The van der Waals surface area contributed by atoms with Crippen LogP contribution in [0.3, 0.4) is 0 Å². The zero-order valence-electron chi connectivity index (χ0n) is 7.24. The number of nitrogen functional groups attached to an aromatic ring is 1. The summed E-state index contributed by atoms with van der Waals surface area (Å²) < 4.78 is 4.77. The molecule has 3 nitrogen and oxygen atoms in total. The molecule has 0 fully saturated rings. The largest absolute Gasteiger partial charge is 0.398 e. The van der Waals surface area contributed by atoms with Gasteiger partial charge in [-0.25, -0.2) is 0 Å². The summed E-state index contributed by atoms with van der Waals surface area (Å²) in [4.78, 5) is 0. The molecular weight excluding hydrogens is 154 g/mol. The van der Waals surface area contributed by atoms with Gasteiger partial charge in [0, 0.05) is 18.4 Å². The lowest BCUT2D eigenvalue weighted by Gasteiger charge is -2.13. The summed E-state index contributed by atoms with van der Waals surface area (Å²) in [6.07, 6.45) is -0.925. The second-order valence-electron chi connectivity index (χ2n) is 2.67. The lowest BCUT2D eigenvalue weighted by atomic mass is 10.1. The van der Waals surface area contributed by atoms with Crippen molar-refractivity contribution in [3.8, 4) is 0 Å². The van der Waals surface area contributed by atoms with Crippen molar-refractivity contribution in [2.75, 3.05) is 12.8 Å². The minimum atomic E-state index is -0.925. The SMILES string of the molecule is COC(O)c1c(C)cccc1N. The molecule has 12 heavy (non-hydrogen) atoms. The Labute approximate surface area is 71.8 Å². The van der Waals surface area contributed by atoms with Gasteiger partial charge < -0.3 is 15.6 Å². The summed E-state index contributed by atoms with van der Waals surface area (Å²) >= 11 is 0. The van der Waals surface area contributed by atoms with Gasteiger partial charge in [-0.2, -0.15) is 0 Å². The van der Waals surface area contributed by atoms with Gasteiger partial charge in [0.2, 0.25) is 0 Å². The van der Waals surface area contributed by atoms with Crippen LogP contribution in [0.2, 0.25) is 0 Å². The summed E-state index contributed by atoms with van der Waals surface area (Å²) in [5.41, 5.74) is 7.80. The number of aryl methyl sites for hydroxylation is 1. The highest BCUT2D eigenvalue weighted by Gasteiger charge is 2.11. The Hall–Kier alpha value is -1.06. The van der Waals surface area contributed by atoms with Crippen LogP contribution in [-0.2, 0) is 4.74 Å². The fraction of sp³-hybridized carbons (Fsp3) is 0.333. The van der Waals surface area contributed by atoms with E-state index in [1.807, 2.05) is 19.1 Å². The van der Waals surface area contributed by atoms with Crippen molar-refractivity contribution in [1.82, 2.24) is 0 Å². The number of nitrogens with two attached hydrogens (primary N) is 1. The third-order valence-electron chi connectivity index (χ3n) is 1.83. The monoisotopic (exact) mass is 167 g/mol. The van der Waals surface area contributed by atoms with Crippen LogP contribution in [0.4, 0.5) is 5.69 Å². The number of anilines is 1. The Balaban J connectivity index is 3.12. The van der Waals surface area contributed by atoms with E-state index in [0.29, 0.717) is 11.3 Å². The molecule has 3 heteroatoms. The molecule has 0 bridgehead atoms. The maximum Gasteiger partial charge on any atom is 0.183 e. The Morgan fingerprint density at radius 2 is 2.17 bits per heavy atom. The van der Waals surface area contributed by atoms with E-state index in [-0.39, 0.29) is 0 Å². The molecule has 0 aliphatic rings. The molecule has 0 aromatic heterocycles. The van der Waals surface area contributed by atoms with E-state index in [9.17, 15) is 5.11 Å². The first kappa shape index (κ1) is 9.03. The maximum absolute atomic E-state index is 9.39. The fourth-order valence-electron chi connectivity index (χ4n) is 1.16. The Morgan fingerprint density at radius 3 is 2.67 bits per heavy atom. The third-order valence-corrected chi connectivity index (χ3v) is 1.83. The quantitative estimate of drug-likeness (QED) is 0.514. The van der Waals surface area contributed by atoms with Gasteiger partial charge in [0.25, 0.3) is 0 Å². The summed E-state index contributed by atoms with van der Waals surface area (Å²) in [6.45, 7) is 1.88. The van der Waals surface area contributed by atoms with Crippen molar-refractivity contribution < 1.29 is 9.84 Å². The number of hydrogen-bond donors (Lipinski definition) is 2. The number of hydrogen-bond acceptors (Lipinski definition) is 3. The van der Waals surface area contributed by atoms with Gasteiger partial charge in [-0.15, -0.1) is 0 Å². The highest BCUT2D eigenvalue weighted by Crippen LogP contribution is 2.23. The van der Waals surface area contributed by atoms with Crippen LogP contribution in [0.5, 0.6) is 0 Å². The van der Waals surface area contributed by atoms with Crippen molar-refractivity contribution in [2.45, 2.75) is 13.2 Å². The molecule has 0 aliphatic heterocycles. The molecule has 66 valence electrons. The molecule has 1 unspecified atom stereocenters. The fourth-order valence-corrected chi connectivity index (χ4v) is 1.16. The lowest BCUT2D eigenvalue weighted by molar-refractivity contribution is -0.0767. The van der Waals surface area contributed by atoms with Crippen LogP contribution in [0.1, 0.15) is 17.4 Å². The predicted molar refractivity (Wildman–Crippen MR) is 47.6 cm³/mol. The van der Waals surface area contributed by atoms with Gasteiger partial charge in [0.1, 0.15) is 0 Å². The number of benzene rings is 1. The van der Waals surface area contributed by atoms with Gasteiger partial charge >= 0.3 is 0 Å². The standard InChI is InChI=1S/C9H13NO2/c1-6-4-3-5-7(10)8(6)9(11)12-2/h3-5,9,11H,10H2,1-2H3. The molecule has 1 atom stereocenters. The van der Waals surface area contributed by atoms with Crippen LogP contribution < -0.4 is 5.73 Å². The number of aliphatic hydroxyl groups excluding tert-OH is 1. The molecule has 0 spiro atoms. The summed E-state index contributed by atoms with van der Waals surface area (Å²) in [5.74, 6) is 0. The van der Waals surface area contributed by atoms with Crippen LogP contribution in [0.15, 0.2) is 18.2 Å². The maximum atomic E-state index is 9.39. The topological polar surface area (TPSA) is 55.5 Å². The highest BCUT2D eigenvalue weighted by atomic mass is 16.6. The van der Waals surface area contributed by atoms with E-state index in [0.717, 1.165) is 5.56 Å². The van der Waals surface area contributed by atoms with E-state index in [4.69, 9.17) is 10.5 Å². The first-order valence-electron chi connectivity index (χ1n) is 3.72. The van der Waals surface area contributed by atoms with E-state index in [1.54, 1.807) is 6.07 Å². The van der Waals surface area contributed by atoms with Crippen molar-refractivity contribution in [3.05, 3.63) is 29.3 Å². The molecule has 1 aromatic rings. The Kier molecular flexibility index (Phi) is 2.68. The normalized spacial score (nSPS) is 12.9. The molecule has 1 aromatic carbocycles. The predicted octanol–water partition coefficient (Wildman–Crippen LogP) is 1.21. The van der Waals surface area contributed by atoms with Crippen LogP contribution in [0, 0.1) is 6.92 Å². The third kappa shape index (κ3) is 1.57. The summed E-state index contributed by atoms with van der Waals surface area (Å²) in [7, 11) is 1.44. The lowest BCUT2D eigenvalue weighted by Crippen LogP contribution is -2.05. The zero-order chi connectivity index (χ0) is 9.14. The van der Waals surface area contributed by atoms with Crippen LogP contribution >= 0.6 is 0 Å². The molecule has 0 radical (unpaired) electrons. The molecule has 0 saturated carbocycles. The Bertz CT molecular complexity index is 253. The zero-order valence-corrected chi connectivity index (χ0v) is 7.24. The first-order chi connectivity index (χ1) is 5.66. The summed E-state index contributed by atoms with van der Waals surface area (Å²) in [6, 6.07) is 5.47. The van der Waals surface area contributed by atoms with Gasteiger partial charge in [-0.05, 0) is 18.6 Å². The van der Waals surface area contributed by atoms with Gasteiger partial charge in [-0.1, -0.05) is 12.1 Å². The van der Waals surface area contributed by atoms with Crippen molar-refractivity contribution in [2.24, 2.45) is 0 Å².